The molecule has 0 atom stereocenters. The first kappa shape index (κ1) is 15.0. The number of sulfonamides is 1. The monoisotopic (exact) mass is 359 g/mol. The molecule has 0 aromatic carbocycles. The Morgan fingerprint density at radius 3 is 2.85 bits per heavy atom. The highest BCUT2D eigenvalue weighted by atomic mass is 79.9. The lowest BCUT2D eigenvalue weighted by molar-refractivity contribution is 0.405. The lowest BCUT2D eigenvalue weighted by Gasteiger charge is -2.06. The van der Waals surface area contributed by atoms with Gasteiger partial charge in [-0.15, -0.1) is 0 Å². The molecule has 0 aliphatic heterocycles. The molecule has 6 nitrogen and oxygen atoms in total. The minimum absolute atomic E-state index is 0.136. The Morgan fingerprint density at radius 2 is 2.15 bits per heavy atom. The van der Waals surface area contributed by atoms with Crippen LogP contribution in [-0.2, 0) is 16.6 Å². The Bertz CT molecular complexity index is 685. The summed E-state index contributed by atoms with van der Waals surface area (Å²) >= 11 is 3.23. The molecule has 0 radical (unpaired) electrons. The molecule has 0 aliphatic carbocycles. The molecule has 0 saturated carbocycles. The zero-order valence-electron chi connectivity index (χ0n) is 10.8. The fourth-order valence-corrected chi connectivity index (χ4v) is 2.95. The van der Waals surface area contributed by atoms with E-state index in [1.807, 2.05) is 6.92 Å². The van der Waals surface area contributed by atoms with Gasteiger partial charge in [0.15, 0.2) is 5.82 Å². The van der Waals surface area contributed by atoms with E-state index >= 15 is 0 Å². The molecule has 2 aromatic heterocycles. The maximum Gasteiger partial charge on any atom is 0.296 e. The number of pyridine rings is 1. The molecule has 20 heavy (non-hydrogen) atoms. The van der Waals surface area contributed by atoms with Crippen molar-refractivity contribution in [1.29, 1.82) is 0 Å². The Hall–Kier alpha value is -1.38. The van der Waals surface area contributed by atoms with E-state index in [4.69, 9.17) is 4.42 Å². The van der Waals surface area contributed by atoms with Crippen molar-refractivity contribution in [3.05, 3.63) is 40.7 Å². The van der Waals surface area contributed by atoms with Crippen molar-refractivity contribution in [2.45, 2.75) is 18.6 Å². The van der Waals surface area contributed by atoms with Crippen LogP contribution < -0.4 is 10.0 Å². The number of aromatic nitrogens is 1. The second-order valence-electron chi connectivity index (χ2n) is 3.94. The van der Waals surface area contributed by atoms with Gasteiger partial charge in [-0.1, -0.05) is 6.92 Å². The number of furan rings is 1. The van der Waals surface area contributed by atoms with E-state index in [2.05, 4.69) is 31.0 Å². The van der Waals surface area contributed by atoms with Crippen molar-refractivity contribution < 1.29 is 12.8 Å². The number of rotatable bonds is 6. The van der Waals surface area contributed by atoms with E-state index in [1.54, 1.807) is 18.2 Å². The number of hydrogen-bond donors (Lipinski definition) is 2. The lowest BCUT2D eigenvalue weighted by atomic mass is 10.4. The molecule has 8 heteroatoms. The Balaban J connectivity index is 2.18. The van der Waals surface area contributed by atoms with Crippen LogP contribution in [0.4, 0.5) is 5.82 Å². The zero-order chi connectivity index (χ0) is 14.6. The standard InChI is InChI=1S/C12H14BrN3O3S/c1-2-14-8-9-5-6-11(19-9)20(17,18)16-12-10(13)4-3-7-15-12/h3-7,14H,2,8H2,1H3,(H,15,16). The Kier molecular flexibility index (Phi) is 4.79. The second kappa shape index (κ2) is 6.38. The molecule has 0 amide bonds. The predicted octanol–water partition coefficient (Wildman–Crippen LogP) is 2.35. The Labute approximate surface area is 125 Å². The maximum atomic E-state index is 12.2. The highest BCUT2D eigenvalue weighted by Crippen LogP contribution is 2.23. The van der Waals surface area contributed by atoms with Crippen molar-refractivity contribution in [3.63, 3.8) is 0 Å². The second-order valence-corrected chi connectivity index (χ2v) is 6.41. The molecule has 0 spiro atoms. The summed E-state index contributed by atoms with van der Waals surface area (Å²) in [5.41, 5.74) is 0. The summed E-state index contributed by atoms with van der Waals surface area (Å²) in [6, 6.07) is 6.45. The largest absolute Gasteiger partial charge is 0.446 e. The van der Waals surface area contributed by atoms with Gasteiger partial charge < -0.3 is 9.73 Å². The first-order valence-electron chi connectivity index (χ1n) is 5.95. The summed E-state index contributed by atoms with van der Waals surface area (Å²) < 4.78 is 32.5. The van der Waals surface area contributed by atoms with Gasteiger partial charge in [0.2, 0.25) is 5.09 Å². The molecule has 0 unspecified atom stereocenters. The number of halogens is 1. The third kappa shape index (κ3) is 3.59. The Morgan fingerprint density at radius 1 is 1.35 bits per heavy atom. The molecular weight excluding hydrogens is 346 g/mol. The van der Waals surface area contributed by atoms with E-state index in [0.717, 1.165) is 6.54 Å². The average molecular weight is 360 g/mol. The van der Waals surface area contributed by atoms with Gasteiger partial charge in [-0.05, 0) is 46.7 Å². The summed E-state index contributed by atoms with van der Waals surface area (Å²) in [5.74, 6) is 0.782. The van der Waals surface area contributed by atoms with Crippen LogP contribution in [0.1, 0.15) is 12.7 Å². The van der Waals surface area contributed by atoms with Crippen LogP contribution in [0, 0.1) is 0 Å². The number of hydrogen-bond acceptors (Lipinski definition) is 5. The summed E-state index contributed by atoms with van der Waals surface area (Å²) in [6.45, 7) is 3.22. The van der Waals surface area contributed by atoms with Gasteiger partial charge in [0.1, 0.15) is 5.76 Å². The quantitative estimate of drug-likeness (QED) is 0.826. The number of nitrogens with zero attached hydrogens (tertiary/aromatic N) is 1. The van der Waals surface area contributed by atoms with Crippen LogP contribution in [0.5, 0.6) is 0 Å². The molecule has 0 saturated heterocycles. The minimum atomic E-state index is -3.78. The molecule has 2 rings (SSSR count). The molecule has 2 aromatic rings. The van der Waals surface area contributed by atoms with Crippen LogP contribution in [0.15, 0.2) is 44.4 Å². The summed E-state index contributed by atoms with van der Waals surface area (Å²) in [5, 5.41) is 2.92. The molecule has 0 fully saturated rings. The number of anilines is 1. The molecule has 2 heterocycles. The van der Waals surface area contributed by atoms with Gasteiger partial charge in [0, 0.05) is 6.20 Å². The van der Waals surface area contributed by atoms with Gasteiger partial charge in [-0.3, -0.25) is 4.72 Å². The topological polar surface area (TPSA) is 84.2 Å². The first-order valence-corrected chi connectivity index (χ1v) is 8.23. The van der Waals surface area contributed by atoms with Crippen LogP contribution >= 0.6 is 15.9 Å². The molecule has 2 N–H and O–H groups in total. The maximum absolute atomic E-state index is 12.2. The van der Waals surface area contributed by atoms with Crippen LogP contribution in [0.2, 0.25) is 0 Å². The minimum Gasteiger partial charge on any atom is -0.446 e. The first-order chi connectivity index (χ1) is 9.53. The van der Waals surface area contributed by atoms with Crippen molar-refractivity contribution in [3.8, 4) is 0 Å². The average Bonchev–Trinajstić information content (AvgIpc) is 2.88. The molecule has 0 bridgehead atoms. The highest BCUT2D eigenvalue weighted by molar-refractivity contribution is 9.10. The normalized spacial score (nSPS) is 11.5. The van der Waals surface area contributed by atoms with E-state index in [-0.39, 0.29) is 10.9 Å². The van der Waals surface area contributed by atoms with Crippen LogP contribution in [-0.4, -0.2) is 19.9 Å². The van der Waals surface area contributed by atoms with Gasteiger partial charge in [0.05, 0.1) is 11.0 Å². The zero-order valence-corrected chi connectivity index (χ0v) is 13.2. The van der Waals surface area contributed by atoms with E-state index in [0.29, 0.717) is 16.8 Å². The third-order valence-corrected chi connectivity index (χ3v) is 4.29. The van der Waals surface area contributed by atoms with Crippen LogP contribution in [0.25, 0.3) is 0 Å². The van der Waals surface area contributed by atoms with Crippen LogP contribution in [0.3, 0.4) is 0 Å². The van der Waals surface area contributed by atoms with Crippen molar-refractivity contribution >= 4 is 31.8 Å². The van der Waals surface area contributed by atoms with Gasteiger partial charge in [0.25, 0.3) is 10.0 Å². The fraction of sp³-hybridized carbons (Fsp3) is 0.250. The van der Waals surface area contributed by atoms with Crippen molar-refractivity contribution in [2.75, 3.05) is 11.3 Å². The van der Waals surface area contributed by atoms with Gasteiger partial charge in [-0.25, -0.2) is 4.98 Å². The van der Waals surface area contributed by atoms with E-state index < -0.39 is 10.0 Å². The number of nitrogens with one attached hydrogen (secondary N) is 2. The summed E-state index contributed by atoms with van der Waals surface area (Å²) in [6.07, 6.45) is 1.50. The SMILES string of the molecule is CCNCc1ccc(S(=O)(=O)Nc2ncccc2Br)o1. The highest BCUT2D eigenvalue weighted by Gasteiger charge is 2.20. The molecular formula is C12H14BrN3O3S. The predicted molar refractivity (Wildman–Crippen MR) is 78.8 cm³/mol. The summed E-state index contributed by atoms with van der Waals surface area (Å²) in [4.78, 5) is 3.95. The van der Waals surface area contributed by atoms with Gasteiger partial charge in [-0.2, -0.15) is 8.42 Å². The smallest absolute Gasteiger partial charge is 0.296 e. The van der Waals surface area contributed by atoms with Crippen molar-refractivity contribution in [1.82, 2.24) is 10.3 Å². The summed E-state index contributed by atoms with van der Waals surface area (Å²) in [7, 11) is -3.78. The third-order valence-electron chi connectivity index (χ3n) is 2.44. The van der Waals surface area contributed by atoms with Gasteiger partial charge >= 0.3 is 0 Å². The van der Waals surface area contributed by atoms with E-state index in [1.165, 1.54) is 12.3 Å². The van der Waals surface area contributed by atoms with Crippen molar-refractivity contribution in [2.24, 2.45) is 0 Å². The lowest BCUT2D eigenvalue weighted by Crippen LogP contribution is -2.14. The fourth-order valence-electron chi connectivity index (χ4n) is 1.48. The molecule has 0 aliphatic rings. The van der Waals surface area contributed by atoms with E-state index in [9.17, 15) is 8.42 Å². The molecule has 108 valence electrons.